The van der Waals surface area contributed by atoms with Gasteiger partial charge in [-0.15, -0.1) is 0 Å². The predicted molar refractivity (Wildman–Crippen MR) is 74.7 cm³/mol. The summed E-state index contributed by atoms with van der Waals surface area (Å²) in [7, 11) is 0. The summed E-state index contributed by atoms with van der Waals surface area (Å²) >= 11 is 2.94. The van der Waals surface area contributed by atoms with Crippen LogP contribution >= 0.6 is 15.9 Å². The molecule has 1 heterocycles. The second-order valence-corrected chi connectivity index (χ2v) is 5.43. The Kier molecular flexibility index (Phi) is 3.89. The Labute approximate surface area is 118 Å². The molecule has 0 aliphatic rings. The molecule has 0 radical (unpaired) electrons. The first-order valence-electron chi connectivity index (χ1n) is 5.85. The first kappa shape index (κ1) is 14.0. The molecule has 0 unspecified atom stereocenters. The van der Waals surface area contributed by atoms with E-state index in [1.165, 1.54) is 0 Å². The van der Waals surface area contributed by atoms with Gasteiger partial charge in [0.1, 0.15) is 11.6 Å². The van der Waals surface area contributed by atoms with Gasteiger partial charge in [-0.1, -0.05) is 0 Å². The van der Waals surface area contributed by atoms with Crippen molar-refractivity contribution in [2.75, 3.05) is 5.32 Å². The Balaban J connectivity index is 2.39. The Hall–Kier alpha value is -1.43. The standard InChI is InChI=1S/C13H14BrF2N3/c1-7(2)19-6-8(3)17-13(19)18-12-5-10(15)9(14)4-11(12)16/h4-7H,1-3H3,(H,17,18). The molecule has 0 saturated carbocycles. The summed E-state index contributed by atoms with van der Waals surface area (Å²) < 4.78 is 29.2. The van der Waals surface area contributed by atoms with Crippen LogP contribution in [0.25, 0.3) is 0 Å². The van der Waals surface area contributed by atoms with Gasteiger partial charge in [-0.25, -0.2) is 13.8 Å². The molecule has 2 aromatic rings. The third kappa shape index (κ3) is 2.94. The smallest absolute Gasteiger partial charge is 0.207 e. The van der Waals surface area contributed by atoms with Crippen molar-refractivity contribution in [3.05, 3.63) is 40.1 Å². The van der Waals surface area contributed by atoms with E-state index in [-0.39, 0.29) is 16.2 Å². The van der Waals surface area contributed by atoms with Crippen LogP contribution in [0.2, 0.25) is 0 Å². The van der Waals surface area contributed by atoms with Crippen molar-refractivity contribution in [3.8, 4) is 0 Å². The van der Waals surface area contributed by atoms with E-state index >= 15 is 0 Å². The SMILES string of the molecule is Cc1cn(C(C)C)c(Nc2cc(F)c(Br)cc2F)n1. The molecule has 0 saturated heterocycles. The summed E-state index contributed by atoms with van der Waals surface area (Å²) in [4.78, 5) is 4.27. The van der Waals surface area contributed by atoms with E-state index < -0.39 is 11.6 Å². The van der Waals surface area contributed by atoms with Crippen molar-refractivity contribution in [1.29, 1.82) is 0 Å². The third-order valence-corrected chi connectivity index (χ3v) is 3.27. The first-order chi connectivity index (χ1) is 8.88. The number of aryl methyl sites for hydroxylation is 1. The van der Waals surface area contributed by atoms with Crippen LogP contribution in [0.15, 0.2) is 22.8 Å². The number of hydrogen-bond acceptors (Lipinski definition) is 2. The zero-order valence-electron chi connectivity index (χ0n) is 10.8. The van der Waals surface area contributed by atoms with Crippen LogP contribution in [-0.2, 0) is 0 Å². The Morgan fingerprint density at radius 3 is 2.58 bits per heavy atom. The molecular weight excluding hydrogens is 316 g/mol. The maximum atomic E-state index is 13.8. The number of benzene rings is 1. The molecule has 3 nitrogen and oxygen atoms in total. The summed E-state index contributed by atoms with van der Waals surface area (Å²) in [6, 6.07) is 2.37. The minimum absolute atomic E-state index is 0.0631. The monoisotopic (exact) mass is 329 g/mol. The zero-order valence-corrected chi connectivity index (χ0v) is 12.4. The molecule has 0 bridgehead atoms. The van der Waals surface area contributed by atoms with Gasteiger partial charge >= 0.3 is 0 Å². The van der Waals surface area contributed by atoms with Gasteiger partial charge in [0, 0.05) is 18.3 Å². The van der Waals surface area contributed by atoms with Gasteiger partial charge in [0.25, 0.3) is 0 Å². The normalized spacial score (nSPS) is 11.1. The van der Waals surface area contributed by atoms with Gasteiger partial charge in [0.05, 0.1) is 15.9 Å². The number of hydrogen-bond donors (Lipinski definition) is 1. The zero-order chi connectivity index (χ0) is 14.2. The van der Waals surface area contributed by atoms with E-state index in [1.807, 2.05) is 31.5 Å². The van der Waals surface area contributed by atoms with Crippen LogP contribution in [0.4, 0.5) is 20.4 Å². The molecule has 19 heavy (non-hydrogen) atoms. The molecule has 1 aromatic carbocycles. The van der Waals surface area contributed by atoms with Gasteiger partial charge in [-0.05, 0) is 42.8 Å². The van der Waals surface area contributed by atoms with Crippen molar-refractivity contribution in [1.82, 2.24) is 9.55 Å². The van der Waals surface area contributed by atoms with E-state index in [4.69, 9.17) is 0 Å². The van der Waals surface area contributed by atoms with Crippen molar-refractivity contribution in [2.45, 2.75) is 26.8 Å². The minimum atomic E-state index is -0.538. The molecule has 0 aliphatic carbocycles. The highest BCUT2D eigenvalue weighted by Gasteiger charge is 2.13. The van der Waals surface area contributed by atoms with Gasteiger partial charge in [-0.3, -0.25) is 0 Å². The molecule has 0 atom stereocenters. The summed E-state index contributed by atoms with van der Waals surface area (Å²) in [5, 5.41) is 2.83. The fourth-order valence-electron chi connectivity index (χ4n) is 1.74. The highest BCUT2D eigenvalue weighted by atomic mass is 79.9. The topological polar surface area (TPSA) is 29.9 Å². The number of aromatic nitrogens is 2. The van der Waals surface area contributed by atoms with Gasteiger partial charge < -0.3 is 9.88 Å². The highest BCUT2D eigenvalue weighted by molar-refractivity contribution is 9.10. The molecule has 1 N–H and O–H groups in total. The van der Waals surface area contributed by atoms with E-state index in [0.717, 1.165) is 17.8 Å². The van der Waals surface area contributed by atoms with Gasteiger partial charge in [0.15, 0.2) is 0 Å². The number of halogens is 3. The maximum absolute atomic E-state index is 13.8. The van der Waals surface area contributed by atoms with Crippen LogP contribution in [0.3, 0.4) is 0 Å². The lowest BCUT2D eigenvalue weighted by Crippen LogP contribution is -2.06. The van der Waals surface area contributed by atoms with Crippen LogP contribution in [0.1, 0.15) is 25.6 Å². The predicted octanol–water partition coefficient (Wildman–Crippen LogP) is 4.56. The Morgan fingerprint density at radius 1 is 1.26 bits per heavy atom. The second kappa shape index (κ2) is 5.28. The second-order valence-electron chi connectivity index (χ2n) is 4.58. The van der Waals surface area contributed by atoms with Gasteiger partial charge in [-0.2, -0.15) is 0 Å². The largest absolute Gasteiger partial charge is 0.323 e. The van der Waals surface area contributed by atoms with Crippen LogP contribution in [-0.4, -0.2) is 9.55 Å². The van der Waals surface area contributed by atoms with Crippen molar-refractivity contribution in [3.63, 3.8) is 0 Å². The average Bonchev–Trinajstić information content (AvgIpc) is 2.67. The summed E-state index contributed by atoms with van der Waals surface area (Å²) in [5.74, 6) is -0.569. The Morgan fingerprint density at radius 2 is 1.95 bits per heavy atom. The molecule has 102 valence electrons. The quantitative estimate of drug-likeness (QED) is 0.837. The summed E-state index contributed by atoms with van der Waals surface area (Å²) in [6.07, 6.45) is 1.86. The average molecular weight is 330 g/mol. The molecule has 0 aliphatic heterocycles. The van der Waals surface area contributed by atoms with Crippen LogP contribution in [0, 0.1) is 18.6 Å². The number of nitrogens with one attached hydrogen (secondary N) is 1. The van der Waals surface area contributed by atoms with Crippen molar-refractivity contribution in [2.24, 2.45) is 0 Å². The molecule has 1 aromatic heterocycles. The van der Waals surface area contributed by atoms with Crippen LogP contribution < -0.4 is 5.32 Å². The minimum Gasteiger partial charge on any atom is -0.323 e. The van der Waals surface area contributed by atoms with E-state index in [2.05, 4.69) is 26.2 Å². The van der Waals surface area contributed by atoms with E-state index in [0.29, 0.717) is 5.95 Å². The summed E-state index contributed by atoms with van der Waals surface area (Å²) in [6.45, 7) is 5.83. The molecule has 0 spiro atoms. The van der Waals surface area contributed by atoms with Crippen LogP contribution in [0.5, 0.6) is 0 Å². The molecule has 6 heteroatoms. The lowest BCUT2D eigenvalue weighted by Gasteiger charge is -2.13. The lowest BCUT2D eigenvalue weighted by molar-refractivity contribution is 0.593. The van der Waals surface area contributed by atoms with E-state index in [1.54, 1.807) is 0 Å². The number of nitrogens with zero attached hydrogens (tertiary/aromatic N) is 2. The molecule has 2 rings (SSSR count). The van der Waals surface area contributed by atoms with Crippen molar-refractivity contribution < 1.29 is 8.78 Å². The number of anilines is 2. The summed E-state index contributed by atoms with van der Waals surface area (Å²) in [5.41, 5.74) is 0.877. The Bertz CT molecular complexity index is 608. The number of imidazole rings is 1. The first-order valence-corrected chi connectivity index (χ1v) is 6.65. The molecule has 0 fully saturated rings. The van der Waals surface area contributed by atoms with Crippen molar-refractivity contribution >= 4 is 27.6 Å². The maximum Gasteiger partial charge on any atom is 0.207 e. The fraction of sp³-hybridized carbons (Fsp3) is 0.308. The van der Waals surface area contributed by atoms with Gasteiger partial charge in [0.2, 0.25) is 5.95 Å². The molecular formula is C13H14BrF2N3. The van der Waals surface area contributed by atoms with E-state index in [9.17, 15) is 8.78 Å². The lowest BCUT2D eigenvalue weighted by atomic mass is 10.3. The third-order valence-electron chi connectivity index (χ3n) is 2.67. The number of rotatable bonds is 3. The fourth-order valence-corrected chi connectivity index (χ4v) is 2.06. The highest BCUT2D eigenvalue weighted by Crippen LogP contribution is 2.26. The molecule has 0 amide bonds.